The molecule has 1 N–H and O–H groups in total. The van der Waals surface area contributed by atoms with Gasteiger partial charge in [-0.25, -0.2) is 4.79 Å². The normalized spacial score (nSPS) is 13.2. The molecule has 0 fully saturated rings. The zero-order chi connectivity index (χ0) is 30.5. The fourth-order valence-electron chi connectivity index (χ4n) is 5.88. The van der Waals surface area contributed by atoms with Crippen molar-refractivity contribution in [1.82, 2.24) is 0 Å². The monoisotopic (exact) mass is 645 g/mol. The van der Waals surface area contributed by atoms with Gasteiger partial charge in [0.1, 0.15) is 5.75 Å². The maximum Gasteiger partial charge on any atom is 0.345 e. The molecular formula is C38H32BrNO4. The minimum absolute atomic E-state index is 0.150. The molecule has 6 rings (SSSR count). The summed E-state index contributed by atoms with van der Waals surface area (Å²) in [4.78, 5) is 14.4. The molecule has 0 bridgehead atoms. The topological polar surface area (TPSA) is 56.8 Å². The van der Waals surface area contributed by atoms with E-state index in [1.165, 1.54) is 7.11 Å². The van der Waals surface area contributed by atoms with Crippen LogP contribution >= 0.6 is 15.9 Å². The van der Waals surface area contributed by atoms with Crippen LogP contribution in [0.5, 0.6) is 5.75 Å². The average molecular weight is 647 g/mol. The van der Waals surface area contributed by atoms with Gasteiger partial charge in [0.2, 0.25) is 5.60 Å². The number of fused-ring (bicyclic) bond motifs is 2. The van der Waals surface area contributed by atoms with Crippen molar-refractivity contribution in [2.24, 2.45) is 0 Å². The first kappa shape index (κ1) is 29.4. The molecule has 44 heavy (non-hydrogen) atoms. The summed E-state index contributed by atoms with van der Waals surface area (Å²) in [5.41, 5.74) is 1.68. The first-order valence-electron chi connectivity index (χ1n) is 14.4. The quantitative estimate of drug-likeness (QED) is 0.119. The van der Waals surface area contributed by atoms with Crippen LogP contribution in [0.4, 0.5) is 5.69 Å². The highest BCUT2D eigenvalue weighted by Crippen LogP contribution is 2.45. The Labute approximate surface area is 265 Å². The minimum Gasteiger partial charge on any atom is -0.497 e. The summed E-state index contributed by atoms with van der Waals surface area (Å²) >= 11 is 3.76. The largest absolute Gasteiger partial charge is 0.497 e. The molecule has 6 aromatic carbocycles. The number of hydrogen-bond donors (Lipinski definition) is 1. The molecule has 6 heteroatoms. The third-order valence-electron chi connectivity index (χ3n) is 8.04. The van der Waals surface area contributed by atoms with E-state index in [0.717, 1.165) is 48.6 Å². The second kappa shape index (κ2) is 12.9. The Morgan fingerprint density at radius 3 is 1.95 bits per heavy atom. The second-order valence-corrected chi connectivity index (χ2v) is 11.4. The maximum atomic E-state index is 14.4. The lowest BCUT2D eigenvalue weighted by Gasteiger charge is -2.40. The number of hydrogen-bond acceptors (Lipinski definition) is 5. The zero-order valence-electron chi connectivity index (χ0n) is 24.5. The van der Waals surface area contributed by atoms with Crippen LogP contribution in [0, 0.1) is 0 Å². The van der Waals surface area contributed by atoms with E-state index in [-0.39, 0.29) is 6.61 Å². The Balaban J connectivity index is 1.57. The van der Waals surface area contributed by atoms with E-state index in [1.807, 2.05) is 103 Å². The Hall–Kier alpha value is -4.65. The lowest BCUT2D eigenvalue weighted by molar-refractivity contribution is -0.177. The van der Waals surface area contributed by atoms with Crippen LogP contribution in [0.15, 0.2) is 138 Å². The number of esters is 1. The van der Waals surface area contributed by atoms with Gasteiger partial charge in [-0.15, -0.1) is 0 Å². The van der Waals surface area contributed by atoms with E-state index in [2.05, 4.69) is 51.6 Å². The van der Waals surface area contributed by atoms with Crippen LogP contribution in [-0.2, 0) is 26.5 Å². The summed E-state index contributed by atoms with van der Waals surface area (Å²) in [6, 6.07) is 43.0. The van der Waals surface area contributed by atoms with Crippen LogP contribution in [0.1, 0.15) is 22.7 Å². The van der Waals surface area contributed by atoms with Crippen molar-refractivity contribution in [3.63, 3.8) is 0 Å². The van der Waals surface area contributed by atoms with Crippen molar-refractivity contribution >= 4 is 49.1 Å². The van der Waals surface area contributed by atoms with E-state index in [9.17, 15) is 4.79 Å². The van der Waals surface area contributed by atoms with E-state index in [1.54, 1.807) is 7.11 Å². The molecule has 0 aliphatic carbocycles. The molecule has 0 spiro atoms. The summed E-state index contributed by atoms with van der Waals surface area (Å²) in [5.74, 6) is 0.212. The first-order valence-corrected chi connectivity index (χ1v) is 15.2. The van der Waals surface area contributed by atoms with Crippen molar-refractivity contribution in [2.45, 2.75) is 18.2 Å². The predicted octanol–water partition coefficient (Wildman–Crippen LogP) is 9.20. The molecule has 220 valence electrons. The molecule has 0 radical (unpaired) electrons. The van der Waals surface area contributed by atoms with Crippen LogP contribution < -0.4 is 10.1 Å². The molecule has 0 amide bonds. The van der Waals surface area contributed by atoms with Crippen molar-refractivity contribution < 1.29 is 19.0 Å². The number of carbonyl (C=O) groups excluding carboxylic acids is 1. The number of nitrogens with one attached hydrogen (secondary N) is 1. The van der Waals surface area contributed by atoms with Crippen LogP contribution in [-0.4, -0.2) is 20.2 Å². The number of methoxy groups -OCH3 is 2. The molecule has 0 unspecified atom stereocenters. The Morgan fingerprint density at radius 2 is 1.34 bits per heavy atom. The summed E-state index contributed by atoms with van der Waals surface area (Å²) in [6.45, 7) is 0.150. The van der Waals surface area contributed by atoms with Gasteiger partial charge in [-0.2, -0.15) is 0 Å². The summed E-state index contributed by atoms with van der Waals surface area (Å²) in [6.07, 6.45) is 0. The van der Waals surface area contributed by atoms with Gasteiger partial charge in [0.25, 0.3) is 0 Å². The molecule has 0 aliphatic heterocycles. The Kier molecular flexibility index (Phi) is 8.64. The van der Waals surface area contributed by atoms with Crippen molar-refractivity contribution in [3.8, 4) is 5.75 Å². The Bertz CT molecular complexity index is 1850. The summed E-state index contributed by atoms with van der Waals surface area (Å²) in [5, 5.41) is 7.98. The molecule has 5 nitrogen and oxygen atoms in total. The van der Waals surface area contributed by atoms with Gasteiger partial charge in [0, 0.05) is 10.2 Å². The zero-order valence-corrected chi connectivity index (χ0v) is 26.1. The van der Waals surface area contributed by atoms with Crippen LogP contribution in [0.25, 0.3) is 21.5 Å². The number of rotatable bonds is 10. The molecule has 0 heterocycles. The van der Waals surface area contributed by atoms with Gasteiger partial charge in [-0.3, -0.25) is 0 Å². The molecule has 0 aromatic heterocycles. The van der Waals surface area contributed by atoms with Gasteiger partial charge < -0.3 is 19.5 Å². The third kappa shape index (κ3) is 5.54. The third-order valence-corrected chi connectivity index (χ3v) is 8.76. The smallest absolute Gasteiger partial charge is 0.345 e. The number of halogens is 1. The molecule has 6 aromatic rings. The van der Waals surface area contributed by atoms with Gasteiger partial charge in [0.05, 0.1) is 26.9 Å². The van der Waals surface area contributed by atoms with Gasteiger partial charge >= 0.3 is 5.97 Å². The SMILES string of the molecule is COC(=O)[C@](OCc1c2ccccc2cc2ccccc12)(c1ccccc1)[C@@H](Nc1ccc(OC)cc1)c1ccccc1Br. The van der Waals surface area contributed by atoms with Gasteiger partial charge in [0.15, 0.2) is 0 Å². The summed E-state index contributed by atoms with van der Waals surface area (Å²) in [7, 11) is 3.04. The highest BCUT2D eigenvalue weighted by Gasteiger charge is 2.51. The fourth-order valence-corrected chi connectivity index (χ4v) is 6.39. The number of benzene rings is 6. The number of ether oxygens (including phenoxy) is 3. The van der Waals surface area contributed by atoms with Crippen LogP contribution in [0.3, 0.4) is 0 Å². The van der Waals surface area contributed by atoms with Gasteiger partial charge in [-0.05, 0) is 74.6 Å². The molecule has 2 atom stereocenters. The molecule has 0 aliphatic rings. The van der Waals surface area contributed by atoms with E-state index >= 15 is 0 Å². The highest BCUT2D eigenvalue weighted by molar-refractivity contribution is 9.10. The standard InChI is InChI=1S/C38H32BrNO4/c1-42-30-22-20-29(21-23-30)40-36(33-18-10-11-19-35(33)39)38(37(41)43-2,28-14-4-3-5-15-28)44-25-34-31-16-8-6-12-26(31)24-27-13-7-9-17-32(27)34/h3-24,36,40H,25H2,1-2H3/t36-,38-/m0/s1. The lowest BCUT2D eigenvalue weighted by Crippen LogP contribution is -2.48. The van der Waals surface area contributed by atoms with Crippen molar-refractivity contribution in [3.05, 3.63) is 155 Å². The molecular weight excluding hydrogens is 614 g/mol. The summed E-state index contributed by atoms with van der Waals surface area (Å²) < 4.78 is 18.9. The lowest BCUT2D eigenvalue weighted by atomic mass is 9.81. The Morgan fingerprint density at radius 1 is 0.750 bits per heavy atom. The minimum atomic E-state index is -1.60. The number of anilines is 1. The van der Waals surface area contributed by atoms with E-state index in [0.29, 0.717) is 5.56 Å². The van der Waals surface area contributed by atoms with Crippen LogP contribution in [0.2, 0.25) is 0 Å². The number of carbonyl (C=O) groups is 1. The average Bonchev–Trinajstić information content (AvgIpc) is 3.08. The fraction of sp³-hybridized carbons (Fsp3) is 0.132. The maximum absolute atomic E-state index is 14.4. The van der Waals surface area contributed by atoms with Gasteiger partial charge in [-0.1, -0.05) is 113 Å². The first-order chi connectivity index (χ1) is 21.5. The molecule has 0 saturated heterocycles. The molecule has 0 saturated carbocycles. The van der Waals surface area contributed by atoms with Crippen molar-refractivity contribution in [2.75, 3.05) is 19.5 Å². The second-order valence-electron chi connectivity index (χ2n) is 10.5. The van der Waals surface area contributed by atoms with E-state index < -0.39 is 17.6 Å². The predicted molar refractivity (Wildman–Crippen MR) is 180 cm³/mol. The van der Waals surface area contributed by atoms with Crippen molar-refractivity contribution in [1.29, 1.82) is 0 Å². The highest BCUT2D eigenvalue weighted by atomic mass is 79.9. The van der Waals surface area contributed by atoms with E-state index in [4.69, 9.17) is 14.2 Å².